The Labute approximate surface area is 252 Å². The summed E-state index contributed by atoms with van der Waals surface area (Å²) in [4.78, 5) is 6.67. The Morgan fingerprint density at radius 1 is 1.14 bits per heavy atom. The van der Waals surface area contributed by atoms with Gasteiger partial charge in [-0.1, -0.05) is 43.6 Å². The number of benzene rings is 1. The van der Waals surface area contributed by atoms with Crippen LogP contribution in [0.25, 0.3) is 11.0 Å². The number of hydrogen-bond donors (Lipinski definition) is 1. The fourth-order valence-electron chi connectivity index (χ4n) is 7.71. The number of hydrogen-bond acceptors (Lipinski definition) is 8. The van der Waals surface area contributed by atoms with E-state index in [0.717, 1.165) is 29.4 Å². The number of rotatable bonds is 8. The van der Waals surface area contributed by atoms with E-state index in [1.54, 1.807) is 18.4 Å². The zero-order valence-electron chi connectivity index (χ0n) is 24.2. The van der Waals surface area contributed by atoms with Crippen LogP contribution in [-0.4, -0.2) is 64.5 Å². The Morgan fingerprint density at radius 2 is 1.93 bits per heavy atom. The van der Waals surface area contributed by atoms with Gasteiger partial charge >= 0.3 is 7.12 Å². The van der Waals surface area contributed by atoms with Gasteiger partial charge in [0.25, 0.3) is 0 Å². The molecule has 2 bridgehead atoms. The molecule has 0 radical (unpaired) electrons. The monoisotopic (exact) mass is 613 g/mol. The molecule has 12 heteroatoms. The van der Waals surface area contributed by atoms with Crippen molar-refractivity contribution in [3.8, 4) is 0 Å². The Balaban J connectivity index is 1.16. The second-order valence-corrected chi connectivity index (χ2v) is 15.2. The van der Waals surface area contributed by atoms with Crippen molar-refractivity contribution in [3.63, 3.8) is 0 Å². The number of morpholine rings is 1. The molecule has 8 rings (SSSR count). The first kappa shape index (κ1) is 28.6. The van der Waals surface area contributed by atoms with Crippen molar-refractivity contribution in [3.05, 3.63) is 58.9 Å². The van der Waals surface area contributed by atoms with Crippen LogP contribution in [0.15, 0.2) is 47.1 Å². The summed E-state index contributed by atoms with van der Waals surface area (Å²) in [5.41, 5.74) is 1.78. The second kappa shape index (κ2) is 10.5. The summed E-state index contributed by atoms with van der Waals surface area (Å²) in [6, 6.07) is 11.1. The van der Waals surface area contributed by atoms with Gasteiger partial charge in [-0.2, -0.15) is 0 Å². The molecule has 42 heavy (non-hydrogen) atoms. The highest BCUT2D eigenvalue weighted by molar-refractivity contribution is 7.88. The summed E-state index contributed by atoms with van der Waals surface area (Å²) in [5, 5.41) is 1.43. The molecule has 3 aromatic rings. The van der Waals surface area contributed by atoms with E-state index in [1.165, 1.54) is 0 Å². The highest BCUT2D eigenvalue weighted by atomic mass is 35.5. The Kier molecular flexibility index (Phi) is 7.15. The SMILES string of the molecule is CC1(C)[C@@H]2C[C@H]3OB([C@H](Cc4coc5ccccc45)NS(=O)(=O)Cc4ccc(Cl)c(N5CCOCC5)n4)O[C@@]3(C)[C@H]1C2. The number of nitrogens with zero attached hydrogens (tertiary/aromatic N) is 2. The highest BCUT2D eigenvalue weighted by Gasteiger charge is 2.68. The smallest absolute Gasteiger partial charge is 0.464 e. The van der Waals surface area contributed by atoms with E-state index in [9.17, 15) is 8.42 Å². The third-order valence-corrected chi connectivity index (χ3v) is 11.8. The number of sulfonamides is 1. The molecular weight excluding hydrogens is 577 g/mol. The van der Waals surface area contributed by atoms with Gasteiger partial charge in [0, 0.05) is 18.5 Å². The minimum absolute atomic E-state index is 0.0682. The van der Waals surface area contributed by atoms with E-state index in [2.05, 4.69) is 30.5 Å². The zero-order chi connectivity index (χ0) is 29.3. The van der Waals surface area contributed by atoms with Crippen LogP contribution in [0.3, 0.4) is 0 Å². The van der Waals surface area contributed by atoms with E-state index in [-0.39, 0.29) is 17.3 Å². The maximum atomic E-state index is 13.7. The number of para-hydroxylation sites is 1. The standard InChI is InChI=1S/C30H37BClN3O6S/c1-29(2)20-15-25(29)30(3)26(16-20)40-31(41-30)27(14-19-17-39-24-7-5-4-6-22(19)24)34-42(36,37)18-21-8-9-23(32)28(33-21)35-10-12-38-13-11-35/h4-9,17,20,25-27,34H,10-16,18H2,1-3H3/t20-,25-,26+,27-,30-/m0/s1. The molecule has 1 N–H and O–H groups in total. The number of furan rings is 1. The average Bonchev–Trinajstić information content (AvgIpc) is 3.54. The molecule has 0 spiro atoms. The van der Waals surface area contributed by atoms with Crippen molar-refractivity contribution in [1.29, 1.82) is 0 Å². The van der Waals surface area contributed by atoms with Crippen LogP contribution in [0.4, 0.5) is 5.82 Å². The number of pyridine rings is 1. The number of halogens is 1. The molecule has 1 aromatic carbocycles. The number of ether oxygens (including phenoxy) is 1. The van der Waals surface area contributed by atoms with Crippen LogP contribution in [0, 0.1) is 17.3 Å². The molecule has 224 valence electrons. The minimum atomic E-state index is -3.86. The van der Waals surface area contributed by atoms with Gasteiger partial charge in [0.1, 0.15) is 17.2 Å². The topological polar surface area (TPSA) is 103 Å². The number of anilines is 1. The van der Waals surface area contributed by atoms with E-state index in [0.29, 0.717) is 61.1 Å². The highest BCUT2D eigenvalue weighted by Crippen LogP contribution is 2.65. The van der Waals surface area contributed by atoms with Crippen LogP contribution in [0.1, 0.15) is 44.9 Å². The van der Waals surface area contributed by atoms with Crippen molar-refractivity contribution >= 4 is 45.5 Å². The van der Waals surface area contributed by atoms with Crippen LogP contribution in [0.5, 0.6) is 0 Å². The molecule has 0 amide bonds. The zero-order valence-corrected chi connectivity index (χ0v) is 25.8. The summed E-state index contributed by atoms with van der Waals surface area (Å²) < 4.78 is 55.0. The van der Waals surface area contributed by atoms with Gasteiger partial charge in [0.05, 0.1) is 47.8 Å². The fourth-order valence-corrected chi connectivity index (χ4v) is 9.22. The van der Waals surface area contributed by atoms with Crippen LogP contribution < -0.4 is 9.62 Å². The normalized spacial score (nSPS) is 29.4. The lowest BCUT2D eigenvalue weighted by Gasteiger charge is -2.64. The van der Waals surface area contributed by atoms with Gasteiger partial charge in [0.2, 0.25) is 10.0 Å². The van der Waals surface area contributed by atoms with Gasteiger partial charge in [0.15, 0.2) is 0 Å². The molecule has 5 aliphatic rings. The maximum absolute atomic E-state index is 13.7. The molecular formula is C30H37BClN3O6S. The first-order valence-corrected chi connectivity index (χ1v) is 16.8. The first-order chi connectivity index (χ1) is 20.0. The molecule has 2 saturated heterocycles. The largest absolute Gasteiger partial charge is 0.477 e. The molecule has 4 heterocycles. The molecule has 2 aromatic heterocycles. The lowest BCUT2D eigenvalue weighted by Crippen LogP contribution is -2.65. The number of nitrogens with one attached hydrogen (secondary N) is 1. The second-order valence-electron chi connectivity index (χ2n) is 13.0. The first-order valence-electron chi connectivity index (χ1n) is 14.8. The Morgan fingerprint density at radius 3 is 2.71 bits per heavy atom. The Bertz CT molecular complexity index is 1590. The molecule has 9 nitrogen and oxygen atoms in total. The van der Waals surface area contributed by atoms with Gasteiger partial charge in [-0.15, -0.1) is 0 Å². The van der Waals surface area contributed by atoms with Crippen molar-refractivity contribution in [2.24, 2.45) is 17.3 Å². The molecule has 3 saturated carbocycles. The summed E-state index contributed by atoms with van der Waals surface area (Å²) in [7, 11) is -4.59. The predicted octanol–water partition coefficient (Wildman–Crippen LogP) is 4.62. The van der Waals surface area contributed by atoms with E-state index in [4.69, 9.17) is 30.1 Å². The van der Waals surface area contributed by atoms with Crippen molar-refractivity contribution < 1.29 is 26.9 Å². The Hall–Kier alpha value is -2.15. The minimum Gasteiger partial charge on any atom is -0.464 e. The van der Waals surface area contributed by atoms with Crippen LogP contribution in [-0.2, 0) is 36.2 Å². The van der Waals surface area contributed by atoms with E-state index in [1.807, 2.05) is 29.2 Å². The van der Waals surface area contributed by atoms with E-state index < -0.39 is 28.7 Å². The molecule has 5 atom stereocenters. The average molecular weight is 614 g/mol. The lowest BCUT2D eigenvalue weighted by molar-refractivity contribution is -0.199. The summed E-state index contributed by atoms with van der Waals surface area (Å²) in [5.74, 6) is 0.574. The third kappa shape index (κ3) is 4.96. The number of fused-ring (bicyclic) bond motifs is 1. The van der Waals surface area contributed by atoms with Gasteiger partial charge in [-0.3, -0.25) is 0 Å². The maximum Gasteiger partial charge on any atom is 0.477 e. The molecule has 0 unspecified atom stereocenters. The number of aromatic nitrogens is 1. The molecule has 2 aliphatic heterocycles. The van der Waals surface area contributed by atoms with Crippen molar-refractivity contribution in [1.82, 2.24) is 9.71 Å². The van der Waals surface area contributed by atoms with E-state index >= 15 is 0 Å². The third-order valence-electron chi connectivity index (χ3n) is 10.2. The summed E-state index contributed by atoms with van der Waals surface area (Å²) in [6.45, 7) is 9.22. The lowest BCUT2D eigenvalue weighted by atomic mass is 9.43. The predicted molar refractivity (Wildman–Crippen MR) is 162 cm³/mol. The molecule has 5 fully saturated rings. The summed E-state index contributed by atoms with van der Waals surface area (Å²) in [6.07, 6.45) is 4.02. The van der Waals surface area contributed by atoms with Crippen molar-refractivity contribution in [2.75, 3.05) is 31.2 Å². The quantitative estimate of drug-likeness (QED) is 0.368. The van der Waals surface area contributed by atoms with Crippen LogP contribution >= 0.6 is 11.6 Å². The molecule has 3 aliphatic carbocycles. The van der Waals surface area contributed by atoms with Crippen molar-refractivity contribution in [2.45, 2.75) is 63.4 Å². The van der Waals surface area contributed by atoms with Crippen LogP contribution in [0.2, 0.25) is 5.02 Å². The van der Waals surface area contributed by atoms with Gasteiger partial charge < -0.3 is 23.4 Å². The summed E-state index contributed by atoms with van der Waals surface area (Å²) >= 11 is 6.45. The fraction of sp³-hybridized carbons (Fsp3) is 0.567. The van der Waals surface area contributed by atoms with Gasteiger partial charge in [-0.05, 0) is 67.2 Å². The van der Waals surface area contributed by atoms with Gasteiger partial charge in [-0.25, -0.2) is 18.1 Å².